The Kier molecular flexibility index (Phi) is 3.56. The summed E-state index contributed by atoms with van der Waals surface area (Å²) in [5.41, 5.74) is 0. The third-order valence-electron chi connectivity index (χ3n) is 1.41. The predicted octanol–water partition coefficient (Wildman–Crippen LogP) is 3.72. The van der Waals surface area contributed by atoms with Gasteiger partial charge in [-0.05, 0) is 18.4 Å². The molecule has 12 heavy (non-hydrogen) atoms. The highest BCUT2D eigenvalue weighted by molar-refractivity contribution is 7.98. The lowest BCUT2D eigenvalue weighted by Crippen LogP contribution is -1.84. The molecule has 0 saturated heterocycles. The first-order chi connectivity index (χ1) is 5.69. The van der Waals surface area contributed by atoms with Gasteiger partial charge in [-0.15, -0.1) is 11.8 Å². The van der Waals surface area contributed by atoms with E-state index in [0.29, 0.717) is 15.8 Å². The molecule has 0 radical (unpaired) electrons. The van der Waals surface area contributed by atoms with Crippen LogP contribution in [0.3, 0.4) is 0 Å². The van der Waals surface area contributed by atoms with E-state index >= 15 is 0 Å². The highest BCUT2D eigenvalue weighted by atomic mass is 35.5. The van der Waals surface area contributed by atoms with Crippen molar-refractivity contribution in [2.45, 2.75) is 4.90 Å². The molecule has 4 heteroatoms. The van der Waals surface area contributed by atoms with Crippen LogP contribution in [-0.2, 0) is 0 Å². The molecule has 1 nitrogen and oxygen atoms in total. The van der Waals surface area contributed by atoms with Gasteiger partial charge >= 0.3 is 0 Å². The van der Waals surface area contributed by atoms with Gasteiger partial charge in [0, 0.05) is 4.90 Å². The van der Waals surface area contributed by atoms with Gasteiger partial charge in [-0.2, -0.15) is 0 Å². The minimum atomic E-state index is 0.631. The average Bonchev–Trinajstić information content (AvgIpc) is 2.03. The van der Waals surface area contributed by atoms with E-state index in [1.807, 2.05) is 6.26 Å². The van der Waals surface area contributed by atoms with Crippen LogP contribution in [0.4, 0.5) is 0 Å². The average molecular weight is 223 g/mol. The maximum atomic E-state index is 5.93. The monoisotopic (exact) mass is 222 g/mol. The molecule has 0 amide bonds. The van der Waals surface area contributed by atoms with Crippen LogP contribution >= 0.6 is 35.0 Å². The number of methoxy groups -OCH3 is 1. The standard InChI is InChI=1S/C8H8Cl2OS/c1-11-5-3-6(9)8(12-2)7(10)4-5/h3-4H,1-2H3. The normalized spacial score (nSPS) is 10.0. The van der Waals surface area contributed by atoms with Crippen LogP contribution in [0.5, 0.6) is 5.75 Å². The summed E-state index contributed by atoms with van der Waals surface area (Å²) in [6, 6.07) is 3.50. The molecule has 1 rings (SSSR count). The highest BCUT2D eigenvalue weighted by Gasteiger charge is 2.06. The predicted molar refractivity (Wildman–Crippen MR) is 54.8 cm³/mol. The van der Waals surface area contributed by atoms with Gasteiger partial charge in [0.1, 0.15) is 5.75 Å². The fraction of sp³-hybridized carbons (Fsp3) is 0.250. The van der Waals surface area contributed by atoms with Crippen molar-refractivity contribution >= 4 is 35.0 Å². The fourth-order valence-corrected chi connectivity index (χ4v) is 2.29. The number of benzene rings is 1. The molecule has 0 saturated carbocycles. The zero-order valence-electron chi connectivity index (χ0n) is 6.73. The number of hydrogen-bond acceptors (Lipinski definition) is 2. The number of halogens is 2. The van der Waals surface area contributed by atoms with Crippen molar-refractivity contribution in [3.8, 4) is 5.75 Å². The lowest BCUT2D eigenvalue weighted by molar-refractivity contribution is 0.414. The van der Waals surface area contributed by atoms with E-state index in [1.165, 1.54) is 11.8 Å². The summed E-state index contributed by atoms with van der Waals surface area (Å²) in [7, 11) is 1.58. The minimum absolute atomic E-state index is 0.631. The van der Waals surface area contributed by atoms with Gasteiger partial charge in [0.05, 0.1) is 17.2 Å². The molecule has 0 atom stereocenters. The Morgan fingerprint density at radius 2 is 1.75 bits per heavy atom. The molecule has 0 aliphatic rings. The Morgan fingerprint density at radius 3 is 2.08 bits per heavy atom. The van der Waals surface area contributed by atoms with Gasteiger partial charge in [0.2, 0.25) is 0 Å². The lowest BCUT2D eigenvalue weighted by Gasteiger charge is -2.06. The van der Waals surface area contributed by atoms with E-state index in [-0.39, 0.29) is 0 Å². The summed E-state index contributed by atoms with van der Waals surface area (Å²) in [4.78, 5) is 0.888. The van der Waals surface area contributed by atoms with Crippen molar-refractivity contribution in [2.24, 2.45) is 0 Å². The van der Waals surface area contributed by atoms with E-state index < -0.39 is 0 Å². The van der Waals surface area contributed by atoms with E-state index in [1.54, 1.807) is 19.2 Å². The van der Waals surface area contributed by atoms with E-state index in [9.17, 15) is 0 Å². The van der Waals surface area contributed by atoms with Crippen LogP contribution in [0.15, 0.2) is 17.0 Å². The molecule has 0 aliphatic carbocycles. The molecule has 1 aromatic carbocycles. The number of rotatable bonds is 2. The molecule has 1 aromatic rings. The van der Waals surface area contributed by atoms with E-state index in [0.717, 1.165) is 4.90 Å². The van der Waals surface area contributed by atoms with Crippen molar-refractivity contribution < 1.29 is 4.74 Å². The van der Waals surface area contributed by atoms with Gasteiger partial charge in [0.25, 0.3) is 0 Å². The zero-order valence-corrected chi connectivity index (χ0v) is 9.06. The summed E-state index contributed by atoms with van der Waals surface area (Å²) >= 11 is 13.4. The quantitative estimate of drug-likeness (QED) is 0.706. The molecule has 0 heterocycles. The Balaban J connectivity index is 3.18. The van der Waals surface area contributed by atoms with Gasteiger partial charge in [-0.1, -0.05) is 23.2 Å². The fourth-order valence-electron chi connectivity index (χ4n) is 0.849. The van der Waals surface area contributed by atoms with Gasteiger partial charge in [-0.25, -0.2) is 0 Å². The third kappa shape index (κ3) is 2.00. The summed E-state index contributed by atoms with van der Waals surface area (Å²) in [6.45, 7) is 0. The summed E-state index contributed by atoms with van der Waals surface area (Å²) < 4.78 is 5.00. The van der Waals surface area contributed by atoms with Crippen molar-refractivity contribution in [2.75, 3.05) is 13.4 Å². The molecule has 0 aliphatic heterocycles. The molecule has 0 spiro atoms. The number of hydrogen-bond donors (Lipinski definition) is 0. The van der Waals surface area contributed by atoms with Crippen LogP contribution in [0.25, 0.3) is 0 Å². The SMILES string of the molecule is COc1cc(Cl)c(SC)c(Cl)c1. The van der Waals surface area contributed by atoms with Crippen LogP contribution in [0, 0.1) is 0 Å². The van der Waals surface area contributed by atoms with Crippen LogP contribution in [0.1, 0.15) is 0 Å². The maximum Gasteiger partial charge on any atom is 0.121 e. The van der Waals surface area contributed by atoms with Gasteiger partial charge < -0.3 is 4.74 Å². The topological polar surface area (TPSA) is 9.23 Å². The van der Waals surface area contributed by atoms with Crippen molar-refractivity contribution in [1.82, 2.24) is 0 Å². The molecule has 0 unspecified atom stereocenters. The van der Waals surface area contributed by atoms with E-state index in [2.05, 4.69) is 0 Å². The smallest absolute Gasteiger partial charge is 0.121 e. The Hall–Kier alpha value is -0.0500. The number of thioether (sulfide) groups is 1. The second kappa shape index (κ2) is 4.26. The van der Waals surface area contributed by atoms with Crippen LogP contribution in [-0.4, -0.2) is 13.4 Å². The molecular formula is C8H8Cl2OS. The summed E-state index contributed by atoms with van der Waals surface area (Å²) in [5.74, 6) is 0.683. The molecule has 66 valence electrons. The summed E-state index contributed by atoms with van der Waals surface area (Å²) in [6.07, 6.45) is 1.93. The van der Waals surface area contributed by atoms with Crippen LogP contribution < -0.4 is 4.74 Å². The maximum absolute atomic E-state index is 5.93. The van der Waals surface area contributed by atoms with Crippen molar-refractivity contribution in [1.29, 1.82) is 0 Å². The first kappa shape index (κ1) is 10.0. The number of ether oxygens (including phenoxy) is 1. The lowest BCUT2D eigenvalue weighted by atomic mass is 10.3. The highest BCUT2D eigenvalue weighted by Crippen LogP contribution is 2.35. The first-order valence-corrected chi connectivity index (χ1v) is 5.24. The molecule has 0 aromatic heterocycles. The Bertz CT molecular complexity index is 265. The molecular weight excluding hydrogens is 215 g/mol. The Labute approximate surface area is 86.0 Å². The zero-order chi connectivity index (χ0) is 9.14. The van der Waals surface area contributed by atoms with Gasteiger partial charge in [-0.3, -0.25) is 0 Å². The largest absolute Gasteiger partial charge is 0.497 e. The van der Waals surface area contributed by atoms with E-state index in [4.69, 9.17) is 27.9 Å². The third-order valence-corrected chi connectivity index (χ3v) is 3.08. The molecule has 0 bridgehead atoms. The van der Waals surface area contributed by atoms with Crippen molar-refractivity contribution in [3.05, 3.63) is 22.2 Å². The summed E-state index contributed by atoms with van der Waals surface area (Å²) in [5, 5.41) is 1.26. The molecule has 0 N–H and O–H groups in total. The van der Waals surface area contributed by atoms with Gasteiger partial charge in [0.15, 0.2) is 0 Å². The minimum Gasteiger partial charge on any atom is -0.497 e. The molecule has 0 fully saturated rings. The second-order valence-electron chi connectivity index (χ2n) is 2.12. The Morgan fingerprint density at radius 1 is 1.25 bits per heavy atom. The van der Waals surface area contributed by atoms with Crippen molar-refractivity contribution in [3.63, 3.8) is 0 Å². The first-order valence-electron chi connectivity index (χ1n) is 3.26. The second-order valence-corrected chi connectivity index (χ2v) is 3.76. The van der Waals surface area contributed by atoms with Crippen LogP contribution in [0.2, 0.25) is 10.0 Å².